The lowest BCUT2D eigenvalue weighted by molar-refractivity contribution is -0.0644. The van der Waals surface area contributed by atoms with Crippen LogP contribution in [0, 0.1) is 5.82 Å². The number of rotatable bonds is 7. The third-order valence-electron chi connectivity index (χ3n) is 5.01. The van der Waals surface area contributed by atoms with E-state index in [0.717, 1.165) is 6.07 Å². The van der Waals surface area contributed by atoms with Crippen molar-refractivity contribution < 1.29 is 27.1 Å². The summed E-state index contributed by atoms with van der Waals surface area (Å²) in [6.45, 7) is -4.52. The highest BCUT2D eigenvalue weighted by Crippen LogP contribution is 2.36. The number of hydrogen-bond donors (Lipinski definition) is 1. The Morgan fingerprint density at radius 1 is 1.16 bits per heavy atom. The average Bonchev–Trinajstić information content (AvgIpc) is 2.75. The maximum absolute atomic E-state index is 14.6. The van der Waals surface area contributed by atoms with Gasteiger partial charge in [0, 0.05) is 18.2 Å². The SMILES string of the molecule is NC1=N[C@](CF)(c2cc(CC(=O)c3ncc(Cl)cc3Cl)ccc2F)COC1(CF)CF. The van der Waals surface area contributed by atoms with Crippen LogP contribution in [0.15, 0.2) is 35.5 Å². The molecule has 1 aliphatic heterocycles. The Balaban J connectivity index is 1.97. The number of ether oxygens (including phenoxy) is 1. The van der Waals surface area contributed by atoms with Crippen LogP contribution in [0.1, 0.15) is 21.6 Å². The van der Waals surface area contributed by atoms with E-state index in [-0.39, 0.29) is 27.7 Å². The summed E-state index contributed by atoms with van der Waals surface area (Å²) in [6, 6.07) is 4.95. The van der Waals surface area contributed by atoms with Crippen molar-refractivity contribution in [1.82, 2.24) is 4.98 Å². The van der Waals surface area contributed by atoms with Crippen molar-refractivity contribution >= 4 is 34.8 Å². The van der Waals surface area contributed by atoms with Crippen molar-refractivity contribution in [2.24, 2.45) is 10.7 Å². The van der Waals surface area contributed by atoms with Gasteiger partial charge in [-0.15, -0.1) is 0 Å². The van der Waals surface area contributed by atoms with Gasteiger partial charge in [-0.05, 0) is 23.8 Å². The van der Waals surface area contributed by atoms with Crippen molar-refractivity contribution in [1.29, 1.82) is 0 Å². The maximum atomic E-state index is 14.6. The summed E-state index contributed by atoms with van der Waals surface area (Å²) in [5.41, 5.74) is 1.61. The molecule has 1 aliphatic rings. The molecule has 1 atom stereocenters. The fourth-order valence-corrected chi connectivity index (χ4v) is 3.64. The largest absolute Gasteiger partial charge is 0.385 e. The number of aliphatic imine (C=N–C) groups is 1. The number of nitrogens with zero attached hydrogens (tertiary/aromatic N) is 2. The van der Waals surface area contributed by atoms with Gasteiger partial charge < -0.3 is 10.5 Å². The molecule has 0 amide bonds. The molecule has 0 radical (unpaired) electrons. The van der Waals surface area contributed by atoms with E-state index in [0.29, 0.717) is 5.56 Å². The highest BCUT2D eigenvalue weighted by atomic mass is 35.5. The first-order valence-electron chi connectivity index (χ1n) is 9.01. The quantitative estimate of drug-likeness (QED) is 0.479. The first-order valence-corrected chi connectivity index (χ1v) is 9.76. The molecular weight excluding hydrogens is 461 g/mol. The molecule has 0 spiro atoms. The molecule has 2 heterocycles. The van der Waals surface area contributed by atoms with Crippen molar-refractivity contribution in [3.63, 3.8) is 0 Å². The number of pyridine rings is 1. The molecule has 1 aromatic heterocycles. The number of ketones is 1. The van der Waals surface area contributed by atoms with Crippen LogP contribution in [0.4, 0.5) is 17.6 Å². The van der Waals surface area contributed by atoms with Crippen LogP contribution in [0.25, 0.3) is 0 Å². The lowest BCUT2D eigenvalue weighted by Crippen LogP contribution is -2.58. The number of carbonyl (C=O) groups is 1. The zero-order chi connectivity index (χ0) is 22.8. The molecule has 0 saturated carbocycles. The van der Waals surface area contributed by atoms with E-state index in [1.165, 1.54) is 24.4 Å². The van der Waals surface area contributed by atoms with Gasteiger partial charge in [-0.3, -0.25) is 9.79 Å². The molecule has 31 heavy (non-hydrogen) atoms. The molecule has 1 aromatic carbocycles. The number of carbonyl (C=O) groups excluding carboxylic acids is 1. The summed E-state index contributed by atoms with van der Waals surface area (Å²) in [4.78, 5) is 20.4. The molecule has 2 aromatic rings. The lowest BCUT2D eigenvalue weighted by Gasteiger charge is -2.40. The smallest absolute Gasteiger partial charge is 0.187 e. The third kappa shape index (κ3) is 4.40. The Morgan fingerprint density at radius 3 is 2.45 bits per heavy atom. The summed E-state index contributed by atoms with van der Waals surface area (Å²) < 4.78 is 60.5. The standard InChI is InChI=1S/C20H17Cl2F4N3O2/c21-12-5-14(22)17(28-6-12)16(30)4-11-1-2-15(26)13(3-11)19(7-23)10-31-20(8-24,9-25)18(27)29-19/h1-3,5-6H,4,7-10H2,(H2,27,29)/t19-/m0/s1. The van der Waals surface area contributed by atoms with Gasteiger partial charge >= 0.3 is 0 Å². The van der Waals surface area contributed by atoms with E-state index in [1.807, 2.05) is 0 Å². The van der Waals surface area contributed by atoms with Crippen molar-refractivity contribution in [3.05, 3.63) is 63.1 Å². The first kappa shape index (κ1) is 23.4. The van der Waals surface area contributed by atoms with Crippen molar-refractivity contribution in [3.8, 4) is 0 Å². The maximum Gasteiger partial charge on any atom is 0.187 e. The summed E-state index contributed by atoms with van der Waals surface area (Å²) in [5.74, 6) is -1.94. The van der Waals surface area contributed by atoms with Crippen LogP contribution in [-0.4, -0.2) is 48.8 Å². The van der Waals surface area contributed by atoms with Crippen LogP contribution in [0.3, 0.4) is 0 Å². The molecule has 0 bridgehead atoms. The van der Waals surface area contributed by atoms with Gasteiger partial charge in [-0.25, -0.2) is 22.5 Å². The van der Waals surface area contributed by atoms with Crippen LogP contribution in [0.5, 0.6) is 0 Å². The third-order valence-corrected chi connectivity index (χ3v) is 5.50. The average molecular weight is 478 g/mol. The second-order valence-corrected chi connectivity index (χ2v) is 7.95. The molecule has 166 valence electrons. The van der Waals surface area contributed by atoms with Crippen LogP contribution in [-0.2, 0) is 16.7 Å². The summed E-state index contributed by atoms with van der Waals surface area (Å²) in [5, 5.41) is 0.299. The molecule has 0 unspecified atom stereocenters. The number of aromatic nitrogens is 1. The van der Waals surface area contributed by atoms with E-state index in [4.69, 9.17) is 33.7 Å². The predicted octanol–water partition coefficient (Wildman–Crippen LogP) is 4.18. The minimum absolute atomic E-state index is 0.0314. The van der Waals surface area contributed by atoms with E-state index < -0.39 is 55.2 Å². The number of Topliss-reactive ketones (excluding diaryl/α,β-unsaturated/α-hetero) is 1. The molecule has 0 aliphatic carbocycles. The van der Waals surface area contributed by atoms with Gasteiger partial charge in [0.05, 0.1) is 16.7 Å². The zero-order valence-electron chi connectivity index (χ0n) is 16.0. The lowest BCUT2D eigenvalue weighted by atomic mass is 9.87. The highest BCUT2D eigenvalue weighted by molar-refractivity contribution is 6.36. The summed E-state index contributed by atoms with van der Waals surface area (Å²) in [6.07, 6.45) is 1.02. The Hall–Kier alpha value is -2.23. The zero-order valence-corrected chi connectivity index (χ0v) is 17.5. The monoisotopic (exact) mass is 477 g/mol. The second-order valence-electron chi connectivity index (χ2n) is 7.11. The molecule has 2 N–H and O–H groups in total. The number of alkyl halides is 3. The number of halogens is 6. The van der Waals surface area contributed by atoms with Crippen LogP contribution in [0.2, 0.25) is 10.0 Å². The minimum Gasteiger partial charge on any atom is -0.385 e. The Bertz CT molecular complexity index is 1030. The van der Waals surface area contributed by atoms with Crippen molar-refractivity contribution in [2.75, 3.05) is 26.6 Å². The van der Waals surface area contributed by atoms with Gasteiger partial charge in [0.25, 0.3) is 0 Å². The Kier molecular flexibility index (Phi) is 6.88. The van der Waals surface area contributed by atoms with Gasteiger partial charge in [0.1, 0.15) is 42.9 Å². The highest BCUT2D eigenvalue weighted by Gasteiger charge is 2.48. The second kappa shape index (κ2) is 9.10. The molecule has 5 nitrogen and oxygen atoms in total. The van der Waals surface area contributed by atoms with Gasteiger partial charge in [0.15, 0.2) is 11.4 Å². The topological polar surface area (TPSA) is 77.6 Å². The molecular formula is C20H17Cl2F4N3O2. The Labute approximate surface area is 185 Å². The van der Waals surface area contributed by atoms with Gasteiger partial charge in [0.2, 0.25) is 0 Å². The van der Waals surface area contributed by atoms with Crippen LogP contribution < -0.4 is 5.73 Å². The van der Waals surface area contributed by atoms with E-state index in [9.17, 15) is 22.4 Å². The van der Waals surface area contributed by atoms with Gasteiger partial charge in [-0.2, -0.15) is 0 Å². The molecule has 0 fully saturated rings. The van der Waals surface area contributed by atoms with Crippen LogP contribution >= 0.6 is 23.2 Å². The minimum atomic E-state index is -2.13. The van der Waals surface area contributed by atoms with Gasteiger partial charge in [-0.1, -0.05) is 29.3 Å². The number of amidine groups is 1. The molecule has 3 rings (SSSR count). The van der Waals surface area contributed by atoms with E-state index in [1.54, 1.807) is 0 Å². The summed E-state index contributed by atoms with van der Waals surface area (Å²) >= 11 is 11.8. The predicted molar refractivity (Wildman–Crippen MR) is 109 cm³/mol. The number of hydrogen-bond acceptors (Lipinski definition) is 5. The fraction of sp³-hybridized carbons (Fsp3) is 0.350. The molecule has 0 saturated heterocycles. The Morgan fingerprint density at radius 2 is 1.87 bits per heavy atom. The fourth-order valence-electron chi connectivity index (χ4n) is 3.15. The number of nitrogens with two attached hydrogens (primary N) is 1. The normalized spacial score (nSPS) is 20.4. The number of benzene rings is 1. The first-order chi connectivity index (χ1) is 14.7. The summed E-state index contributed by atoms with van der Waals surface area (Å²) in [7, 11) is 0. The molecule has 11 heteroatoms. The van der Waals surface area contributed by atoms with E-state index >= 15 is 0 Å². The van der Waals surface area contributed by atoms with E-state index in [2.05, 4.69) is 9.98 Å². The van der Waals surface area contributed by atoms with Crippen molar-refractivity contribution in [2.45, 2.75) is 17.6 Å².